The number of rotatable bonds is 5. The Morgan fingerprint density at radius 3 is 2.58 bits per heavy atom. The predicted octanol–water partition coefficient (Wildman–Crippen LogP) is 5.75. The maximum absolute atomic E-state index is 12.7. The van der Waals surface area contributed by atoms with Gasteiger partial charge in [0, 0.05) is 17.6 Å². The summed E-state index contributed by atoms with van der Waals surface area (Å²) in [6, 6.07) is 11.5. The molecule has 0 aliphatic rings. The fourth-order valence-electron chi connectivity index (χ4n) is 3.17. The molecule has 0 radical (unpaired) electrons. The van der Waals surface area contributed by atoms with Gasteiger partial charge >= 0.3 is 6.18 Å². The number of benzene rings is 2. The molecule has 0 spiro atoms. The summed E-state index contributed by atoms with van der Waals surface area (Å²) in [7, 11) is 0. The molecule has 0 fully saturated rings. The number of carbonyl (C=O) groups is 1. The normalized spacial score (nSPS) is 11.6. The van der Waals surface area contributed by atoms with Crippen LogP contribution in [-0.4, -0.2) is 15.3 Å². The number of fused-ring (bicyclic) bond motifs is 1. The number of amides is 1. The number of hydrogen-bond donors (Lipinski definition) is 1. The van der Waals surface area contributed by atoms with Crippen molar-refractivity contribution in [2.24, 2.45) is 0 Å². The number of hydrogen-bond acceptors (Lipinski definition) is 4. The standard InChI is InChI=1S/C22H18F3N3O2S/c1-13-12-28-19(14(2)27-21(28)31-13)20(29)26-11-15-4-3-5-18(10-15)30-17-8-6-16(7-9-17)22(23,24)25/h3-10,12H,11H2,1-2H3,(H,26,29). The van der Waals surface area contributed by atoms with Crippen LogP contribution in [0.4, 0.5) is 13.2 Å². The second kappa shape index (κ2) is 8.07. The molecule has 0 atom stereocenters. The Morgan fingerprint density at radius 2 is 1.87 bits per heavy atom. The molecule has 0 aliphatic heterocycles. The van der Waals surface area contributed by atoms with Gasteiger partial charge < -0.3 is 10.1 Å². The number of carbonyl (C=O) groups excluding carboxylic acids is 1. The number of aryl methyl sites for hydroxylation is 2. The molecule has 2 aromatic heterocycles. The second-order valence-electron chi connectivity index (χ2n) is 6.99. The molecule has 31 heavy (non-hydrogen) atoms. The monoisotopic (exact) mass is 445 g/mol. The number of nitrogens with zero attached hydrogens (tertiary/aromatic N) is 2. The summed E-state index contributed by atoms with van der Waals surface area (Å²) >= 11 is 1.52. The van der Waals surface area contributed by atoms with E-state index in [-0.39, 0.29) is 12.5 Å². The van der Waals surface area contributed by atoms with Crippen molar-refractivity contribution in [2.75, 3.05) is 0 Å². The van der Waals surface area contributed by atoms with E-state index in [1.165, 1.54) is 23.5 Å². The minimum atomic E-state index is -4.39. The van der Waals surface area contributed by atoms with E-state index in [0.29, 0.717) is 22.9 Å². The Hall–Kier alpha value is -3.33. The molecular formula is C22H18F3N3O2S. The first-order valence-electron chi connectivity index (χ1n) is 9.38. The summed E-state index contributed by atoms with van der Waals surface area (Å²) in [6.45, 7) is 4.01. The van der Waals surface area contributed by atoms with E-state index >= 15 is 0 Å². The molecule has 9 heteroatoms. The topological polar surface area (TPSA) is 55.6 Å². The minimum absolute atomic E-state index is 0.239. The van der Waals surface area contributed by atoms with Crippen LogP contribution in [0.1, 0.15) is 32.2 Å². The molecular weight excluding hydrogens is 427 g/mol. The Balaban J connectivity index is 1.44. The number of thiazole rings is 1. The van der Waals surface area contributed by atoms with Crippen LogP contribution in [0.5, 0.6) is 11.5 Å². The minimum Gasteiger partial charge on any atom is -0.457 e. The van der Waals surface area contributed by atoms with Gasteiger partial charge in [0.15, 0.2) is 4.96 Å². The molecule has 5 nitrogen and oxygen atoms in total. The lowest BCUT2D eigenvalue weighted by molar-refractivity contribution is -0.137. The third-order valence-electron chi connectivity index (χ3n) is 4.60. The number of nitrogens with one attached hydrogen (secondary N) is 1. The average molecular weight is 445 g/mol. The Kier molecular flexibility index (Phi) is 5.45. The fourth-order valence-corrected chi connectivity index (χ4v) is 4.04. The van der Waals surface area contributed by atoms with E-state index in [1.54, 1.807) is 29.5 Å². The van der Waals surface area contributed by atoms with Gasteiger partial charge in [0.2, 0.25) is 0 Å². The van der Waals surface area contributed by atoms with E-state index in [0.717, 1.165) is 27.5 Å². The third kappa shape index (κ3) is 4.56. The van der Waals surface area contributed by atoms with Gasteiger partial charge in [-0.3, -0.25) is 9.20 Å². The zero-order valence-corrected chi connectivity index (χ0v) is 17.5. The van der Waals surface area contributed by atoms with Gasteiger partial charge in [-0.2, -0.15) is 13.2 Å². The van der Waals surface area contributed by atoms with Crippen LogP contribution in [0.2, 0.25) is 0 Å². The molecule has 1 N–H and O–H groups in total. The molecule has 0 saturated heterocycles. The smallest absolute Gasteiger partial charge is 0.416 e. The highest BCUT2D eigenvalue weighted by Crippen LogP contribution is 2.31. The molecule has 2 aromatic carbocycles. The summed E-state index contributed by atoms with van der Waals surface area (Å²) in [5, 5.41) is 2.88. The van der Waals surface area contributed by atoms with Crippen molar-refractivity contribution in [1.82, 2.24) is 14.7 Å². The number of imidazole rings is 1. The molecule has 160 valence electrons. The third-order valence-corrected chi connectivity index (χ3v) is 5.50. The van der Waals surface area contributed by atoms with Crippen LogP contribution in [0.15, 0.2) is 54.7 Å². The Morgan fingerprint density at radius 1 is 1.13 bits per heavy atom. The first kappa shape index (κ1) is 20.9. The first-order chi connectivity index (χ1) is 14.7. The Bertz CT molecular complexity index is 1240. The second-order valence-corrected chi connectivity index (χ2v) is 8.21. The van der Waals surface area contributed by atoms with E-state index in [4.69, 9.17) is 4.74 Å². The van der Waals surface area contributed by atoms with Crippen LogP contribution in [-0.2, 0) is 12.7 Å². The zero-order chi connectivity index (χ0) is 22.2. The molecule has 1 amide bonds. The Labute approximate surface area is 180 Å². The predicted molar refractivity (Wildman–Crippen MR) is 112 cm³/mol. The van der Waals surface area contributed by atoms with Gasteiger partial charge in [-0.25, -0.2) is 4.98 Å². The van der Waals surface area contributed by atoms with E-state index in [9.17, 15) is 18.0 Å². The molecule has 0 saturated carbocycles. The van der Waals surface area contributed by atoms with E-state index < -0.39 is 11.7 Å². The first-order valence-corrected chi connectivity index (χ1v) is 10.2. The average Bonchev–Trinajstić information content (AvgIpc) is 3.20. The van der Waals surface area contributed by atoms with Crippen LogP contribution < -0.4 is 10.1 Å². The van der Waals surface area contributed by atoms with Crippen LogP contribution in [0.25, 0.3) is 4.96 Å². The van der Waals surface area contributed by atoms with Gasteiger partial charge in [0.25, 0.3) is 5.91 Å². The summed E-state index contributed by atoms with van der Waals surface area (Å²) in [5.74, 6) is 0.513. The highest BCUT2D eigenvalue weighted by molar-refractivity contribution is 7.17. The molecule has 2 heterocycles. The lowest BCUT2D eigenvalue weighted by Crippen LogP contribution is -2.24. The molecule has 4 rings (SSSR count). The van der Waals surface area contributed by atoms with Crippen molar-refractivity contribution in [3.8, 4) is 11.5 Å². The van der Waals surface area contributed by atoms with Crippen molar-refractivity contribution in [3.63, 3.8) is 0 Å². The summed E-state index contributed by atoms with van der Waals surface area (Å²) in [4.78, 5) is 19.0. The number of alkyl halides is 3. The van der Waals surface area contributed by atoms with E-state index in [2.05, 4.69) is 10.3 Å². The molecule has 0 unspecified atom stereocenters. The van der Waals surface area contributed by atoms with Crippen LogP contribution in [0.3, 0.4) is 0 Å². The zero-order valence-electron chi connectivity index (χ0n) is 16.7. The molecule has 4 aromatic rings. The van der Waals surface area contributed by atoms with Gasteiger partial charge in [0.05, 0.1) is 11.3 Å². The van der Waals surface area contributed by atoms with Crippen molar-refractivity contribution >= 4 is 22.2 Å². The van der Waals surface area contributed by atoms with E-state index in [1.807, 2.05) is 19.2 Å². The molecule has 0 aliphatic carbocycles. The van der Waals surface area contributed by atoms with Crippen molar-refractivity contribution in [2.45, 2.75) is 26.6 Å². The number of aromatic nitrogens is 2. The van der Waals surface area contributed by atoms with Crippen LogP contribution in [0, 0.1) is 13.8 Å². The largest absolute Gasteiger partial charge is 0.457 e. The maximum atomic E-state index is 12.7. The quantitative estimate of drug-likeness (QED) is 0.425. The lowest BCUT2D eigenvalue weighted by atomic mass is 10.2. The SMILES string of the molecule is Cc1cn2c(C(=O)NCc3cccc(Oc4ccc(C(F)(F)F)cc4)c3)c(C)nc2s1. The number of halogens is 3. The summed E-state index contributed by atoms with van der Waals surface area (Å²) < 4.78 is 45.5. The van der Waals surface area contributed by atoms with Gasteiger partial charge in [-0.15, -0.1) is 11.3 Å². The summed E-state index contributed by atoms with van der Waals surface area (Å²) in [5.41, 5.74) is 1.21. The summed E-state index contributed by atoms with van der Waals surface area (Å²) in [6.07, 6.45) is -2.51. The van der Waals surface area contributed by atoms with Crippen molar-refractivity contribution in [1.29, 1.82) is 0 Å². The van der Waals surface area contributed by atoms with Crippen molar-refractivity contribution in [3.05, 3.63) is 82.1 Å². The van der Waals surface area contributed by atoms with Crippen LogP contribution >= 0.6 is 11.3 Å². The van der Waals surface area contributed by atoms with Crippen molar-refractivity contribution < 1.29 is 22.7 Å². The van der Waals surface area contributed by atoms with Gasteiger partial charge in [0.1, 0.15) is 17.2 Å². The van der Waals surface area contributed by atoms with Gasteiger partial charge in [-0.1, -0.05) is 12.1 Å². The van der Waals surface area contributed by atoms with Gasteiger partial charge in [-0.05, 0) is 55.8 Å². The fraction of sp³-hybridized carbons (Fsp3) is 0.182. The lowest BCUT2D eigenvalue weighted by Gasteiger charge is -2.10. The highest BCUT2D eigenvalue weighted by atomic mass is 32.1. The maximum Gasteiger partial charge on any atom is 0.416 e. The highest BCUT2D eigenvalue weighted by Gasteiger charge is 2.30. The number of ether oxygens (including phenoxy) is 1. The molecule has 0 bridgehead atoms.